The Hall–Kier alpha value is -0.950. The van der Waals surface area contributed by atoms with Gasteiger partial charge in [-0.1, -0.05) is 13.8 Å². The van der Waals surface area contributed by atoms with Crippen LogP contribution in [-0.2, 0) is 6.54 Å². The molecule has 0 fully saturated rings. The summed E-state index contributed by atoms with van der Waals surface area (Å²) in [5, 5.41) is 7.69. The third-order valence-electron chi connectivity index (χ3n) is 2.47. The first-order valence-corrected chi connectivity index (χ1v) is 7.09. The van der Waals surface area contributed by atoms with Crippen molar-refractivity contribution in [3.05, 3.63) is 40.0 Å². The van der Waals surface area contributed by atoms with Gasteiger partial charge in [-0.15, -0.1) is 0 Å². The highest BCUT2D eigenvalue weighted by Gasteiger charge is 2.02. The van der Waals surface area contributed by atoms with Gasteiger partial charge >= 0.3 is 0 Å². The van der Waals surface area contributed by atoms with Crippen LogP contribution < -0.4 is 5.32 Å². The predicted octanol–water partition coefficient (Wildman–Crippen LogP) is 2.62. The van der Waals surface area contributed by atoms with Crippen molar-refractivity contribution in [3.8, 4) is 5.69 Å². The zero-order chi connectivity index (χ0) is 13.0. The molecule has 4 nitrogen and oxygen atoms in total. The molecule has 96 valence electrons. The lowest BCUT2D eigenvalue weighted by molar-refractivity contribution is 0.548. The van der Waals surface area contributed by atoms with Crippen molar-refractivity contribution in [3.63, 3.8) is 0 Å². The molecular weight excluding hydrogens is 339 g/mol. The summed E-state index contributed by atoms with van der Waals surface area (Å²) in [5.74, 6) is 0.654. The van der Waals surface area contributed by atoms with Gasteiger partial charge in [0, 0.05) is 18.9 Å². The minimum Gasteiger partial charge on any atom is -0.311 e. The molecule has 0 radical (unpaired) electrons. The molecule has 0 atom stereocenters. The van der Waals surface area contributed by atoms with Gasteiger partial charge in [0.15, 0.2) is 0 Å². The highest BCUT2D eigenvalue weighted by atomic mass is 127. The van der Waals surface area contributed by atoms with Crippen LogP contribution in [0.1, 0.15) is 19.5 Å². The summed E-state index contributed by atoms with van der Waals surface area (Å²) in [5.41, 5.74) is 2.09. The number of hydrogen-bond donors (Lipinski definition) is 1. The van der Waals surface area contributed by atoms with Crippen LogP contribution in [0.4, 0.5) is 0 Å². The first kappa shape index (κ1) is 13.5. The Morgan fingerprint density at radius 2 is 2.28 bits per heavy atom. The van der Waals surface area contributed by atoms with Crippen LogP contribution in [0, 0.1) is 9.49 Å². The quantitative estimate of drug-likeness (QED) is 0.838. The van der Waals surface area contributed by atoms with Crippen LogP contribution in [0.5, 0.6) is 0 Å². The van der Waals surface area contributed by atoms with E-state index >= 15 is 0 Å². The minimum absolute atomic E-state index is 0.654. The number of rotatable bonds is 5. The monoisotopic (exact) mass is 356 g/mol. The molecule has 0 aliphatic heterocycles. The number of pyridine rings is 1. The van der Waals surface area contributed by atoms with E-state index in [9.17, 15) is 0 Å². The highest BCUT2D eigenvalue weighted by Crippen LogP contribution is 2.10. The Balaban J connectivity index is 2.05. The fourth-order valence-electron chi connectivity index (χ4n) is 1.64. The van der Waals surface area contributed by atoms with E-state index in [0.29, 0.717) is 5.92 Å². The van der Waals surface area contributed by atoms with Crippen molar-refractivity contribution in [1.82, 2.24) is 20.1 Å². The Kier molecular flexibility index (Phi) is 4.71. The van der Waals surface area contributed by atoms with E-state index in [0.717, 1.165) is 28.0 Å². The lowest BCUT2D eigenvalue weighted by atomic mass is 10.2. The number of nitrogens with one attached hydrogen (secondary N) is 1. The fraction of sp³-hybridized carbons (Fsp3) is 0.385. The molecule has 0 amide bonds. The van der Waals surface area contributed by atoms with Gasteiger partial charge in [-0.25, -0.2) is 4.68 Å². The van der Waals surface area contributed by atoms with E-state index in [1.807, 2.05) is 29.3 Å². The SMILES string of the molecule is CC(C)CNCc1cc(-n2cc(I)cn2)ccn1. The van der Waals surface area contributed by atoms with Crippen molar-refractivity contribution in [1.29, 1.82) is 0 Å². The zero-order valence-electron chi connectivity index (χ0n) is 10.6. The Labute approximate surface area is 121 Å². The average molecular weight is 356 g/mol. The van der Waals surface area contributed by atoms with E-state index < -0.39 is 0 Å². The van der Waals surface area contributed by atoms with Gasteiger partial charge in [-0.3, -0.25) is 4.98 Å². The van der Waals surface area contributed by atoms with E-state index in [1.54, 1.807) is 0 Å². The molecule has 18 heavy (non-hydrogen) atoms. The number of nitrogens with zero attached hydrogens (tertiary/aromatic N) is 3. The topological polar surface area (TPSA) is 42.7 Å². The molecule has 0 saturated heterocycles. The Morgan fingerprint density at radius 3 is 2.94 bits per heavy atom. The largest absolute Gasteiger partial charge is 0.311 e. The second-order valence-electron chi connectivity index (χ2n) is 4.63. The summed E-state index contributed by atoms with van der Waals surface area (Å²) in [6.07, 6.45) is 5.68. The van der Waals surface area contributed by atoms with Gasteiger partial charge in [-0.05, 0) is 47.2 Å². The average Bonchev–Trinajstić information content (AvgIpc) is 2.76. The maximum Gasteiger partial charge on any atom is 0.0679 e. The number of aromatic nitrogens is 3. The van der Waals surface area contributed by atoms with E-state index in [4.69, 9.17) is 0 Å². The van der Waals surface area contributed by atoms with E-state index in [-0.39, 0.29) is 0 Å². The molecule has 2 rings (SSSR count). The fourth-order valence-corrected chi connectivity index (χ4v) is 2.02. The van der Waals surface area contributed by atoms with Crippen LogP contribution in [0.2, 0.25) is 0 Å². The number of hydrogen-bond acceptors (Lipinski definition) is 3. The molecule has 0 aromatic carbocycles. The first-order valence-electron chi connectivity index (χ1n) is 6.01. The second kappa shape index (κ2) is 6.29. The first-order chi connectivity index (χ1) is 8.65. The lowest BCUT2D eigenvalue weighted by Gasteiger charge is -2.08. The van der Waals surface area contributed by atoms with Crippen LogP contribution >= 0.6 is 22.6 Å². The summed E-state index contributed by atoms with van der Waals surface area (Å²) in [4.78, 5) is 4.36. The summed E-state index contributed by atoms with van der Waals surface area (Å²) < 4.78 is 3.00. The van der Waals surface area contributed by atoms with Gasteiger partial charge in [-0.2, -0.15) is 5.10 Å². The van der Waals surface area contributed by atoms with Crippen molar-refractivity contribution in [2.45, 2.75) is 20.4 Å². The van der Waals surface area contributed by atoms with Crippen LogP contribution in [0.25, 0.3) is 5.69 Å². The summed E-state index contributed by atoms with van der Waals surface area (Å²) in [6, 6.07) is 4.03. The third kappa shape index (κ3) is 3.78. The van der Waals surface area contributed by atoms with Crippen molar-refractivity contribution >= 4 is 22.6 Å². The number of halogens is 1. The molecule has 0 aliphatic rings. The molecule has 2 aromatic rings. The second-order valence-corrected chi connectivity index (χ2v) is 5.88. The van der Waals surface area contributed by atoms with Crippen molar-refractivity contribution < 1.29 is 0 Å². The smallest absolute Gasteiger partial charge is 0.0679 e. The van der Waals surface area contributed by atoms with Gasteiger partial charge < -0.3 is 5.32 Å². The van der Waals surface area contributed by atoms with Crippen LogP contribution in [0.15, 0.2) is 30.7 Å². The van der Waals surface area contributed by atoms with E-state index in [2.05, 4.69) is 57.9 Å². The molecule has 0 spiro atoms. The molecule has 0 aliphatic carbocycles. The van der Waals surface area contributed by atoms with E-state index in [1.165, 1.54) is 0 Å². The van der Waals surface area contributed by atoms with Gasteiger partial charge in [0.25, 0.3) is 0 Å². The molecule has 5 heteroatoms. The molecule has 0 bridgehead atoms. The molecule has 2 aromatic heterocycles. The maximum atomic E-state index is 4.36. The summed E-state index contributed by atoms with van der Waals surface area (Å²) in [6.45, 7) is 6.20. The Morgan fingerprint density at radius 1 is 1.44 bits per heavy atom. The van der Waals surface area contributed by atoms with Crippen LogP contribution in [0.3, 0.4) is 0 Å². The Bertz CT molecular complexity index is 507. The lowest BCUT2D eigenvalue weighted by Crippen LogP contribution is -2.19. The third-order valence-corrected chi connectivity index (χ3v) is 3.03. The maximum absolute atomic E-state index is 4.36. The van der Waals surface area contributed by atoms with Gasteiger partial charge in [0.2, 0.25) is 0 Å². The highest BCUT2D eigenvalue weighted by molar-refractivity contribution is 14.1. The van der Waals surface area contributed by atoms with Crippen molar-refractivity contribution in [2.75, 3.05) is 6.54 Å². The molecular formula is C13H17IN4. The molecule has 0 unspecified atom stereocenters. The molecule has 2 heterocycles. The van der Waals surface area contributed by atoms with Gasteiger partial charge in [0.1, 0.15) is 0 Å². The normalized spacial score (nSPS) is 11.1. The van der Waals surface area contributed by atoms with Crippen LogP contribution in [-0.4, -0.2) is 21.3 Å². The predicted molar refractivity (Wildman–Crippen MR) is 80.6 cm³/mol. The summed E-state index contributed by atoms with van der Waals surface area (Å²) in [7, 11) is 0. The van der Waals surface area contributed by atoms with Crippen molar-refractivity contribution in [2.24, 2.45) is 5.92 Å². The molecule has 1 N–H and O–H groups in total. The van der Waals surface area contributed by atoms with Gasteiger partial charge in [0.05, 0.1) is 21.1 Å². The minimum atomic E-state index is 0.654. The molecule has 0 saturated carbocycles. The zero-order valence-corrected chi connectivity index (χ0v) is 12.8. The standard InChI is InChI=1S/C13H17IN4/c1-10(2)6-15-8-12-5-13(3-4-16-12)18-9-11(14)7-17-18/h3-5,7,9-10,15H,6,8H2,1-2H3. The summed E-state index contributed by atoms with van der Waals surface area (Å²) >= 11 is 2.25.